The van der Waals surface area contributed by atoms with Crippen LogP contribution in [0.2, 0.25) is 4.34 Å². The smallest absolute Gasteiger partial charge is 0.422 e. The Hall–Kier alpha value is -3.62. The van der Waals surface area contributed by atoms with Gasteiger partial charge in [0.1, 0.15) is 22.5 Å². The summed E-state index contributed by atoms with van der Waals surface area (Å²) in [6.07, 6.45) is -3.25. The molecule has 4 aromatic rings. The molecule has 0 bridgehead atoms. The van der Waals surface area contributed by atoms with Crippen LogP contribution in [0.4, 0.5) is 13.2 Å². The lowest BCUT2D eigenvalue weighted by molar-refractivity contribution is -0.153. The number of nitrogens with one attached hydrogen (secondary N) is 1. The standard InChI is InChI=1S/C27H27ClF3N5O5S/c1-14(2)35-9-7-15(8-10-35)32-25(37)24-33-23-17(3-4-18(22(23)26(38)39)40-13-27(29,30)31)36(24)12-16-11-19(41-34-16)20-5-6-21(28)42-20/h3-6,11,14-15H,7-10,12-13H2,1-2H3,(H,32,37)(H,38,39). The molecular formula is C27H27ClF3N5O5S. The molecule has 1 saturated heterocycles. The van der Waals surface area contributed by atoms with Crippen LogP contribution in [0.25, 0.3) is 21.7 Å². The van der Waals surface area contributed by atoms with Crippen LogP contribution >= 0.6 is 22.9 Å². The number of carbonyl (C=O) groups is 2. The van der Waals surface area contributed by atoms with Gasteiger partial charge in [-0.25, -0.2) is 9.78 Å². The maximum Gasteiger partial charge on any atom is 0.422 e. The normalized spacial score (nSPS) is 15.0. The summed E-state index contributed by atoms with van der Waals surface area (Å²) >= 11 is 7.33. The predicted molar refractivity (Wildman–Crippen MR) is 149 cm³/mol. The lowest BCUT2D eigenvalue weighted by atomic mass is 10.0. The number of alkyl halides is 3. The zero-order valence-corrected chi connectivity index (χ0v) is 24.1. The van der Waals surface area contributed by atoms with Gasteiger partial charge in [0.25, 0.3) is 5.91 Å². The highest BCUT2D eigenvalue weighted by Crippen LogP contribution is 2.33. The first-order chi connectivity index (χ1) is 19.9. The van der Waals surface area contributed by atoms with Crippen LogP contribution in [0.3, 0.4) is 0 Å². The maximum atomic E-state index is 13.6. The van der Waals surface area contributed by atoms with Crippen molar-refractivity contribution in [3.05, 3.63) is 51.7 Å². The summed E-state index contributed by atoms with van der Waals surface area (Å²) in [6.45, 7) is 4.10. The molecule has 224 valence electrons. The Bertz CT molecular complexity index is 1610. The molecule has 0 radical (unpaired) electrons. The Balaban J connectivity index is 1.52. The van der Waals surface area contributed by atoms with Crippen molar-refractivity contribution in [3.63, 3.8) is 0 Å². The van der Waals surface area contributed by atoms with Gasteiger partial charge in [0.05, 0.1) is 21.3 Å². The first-order valence-electron chi connectivity index (χ1n) is 13.1. The Labute approximate surface area is 247 Å². The molecule has 1 aliphatic heterocycles. The van der Waals surface area contributed by atoms with Crippen LogP contribution in [0.5, 0.6) is 5.75 Å². The van der Waals surface area contributed by atoms with Gasteiger partial charge in [0.2, 0.25) is 0 Å². The first-order valence-corrected chi connectivity index (χ1v) is 14.3. The topological polar surface area (TPSA) is 123 Å². The number of likely N-dealkylation sites (tertiary alicyclic amines) is 1. The fourth-order valence-corrected chi connectivity index (χ4v) is 5.91. The fraction of sp³-hybridized carbons (Fsp3) is 0.407. The minimum Gasteiger partial charge on any atom is -0.483 e. The number of carbonyl (C=O) groups excluding carboxylic acids is 1. The number of fused-ring (bicyclic) bond motifs is 1. The fourth-order valence-electron chi connectivity index (χ4n) is 4.91. The number of piperidine rings is 1. The third kappa shape index (κ3) is 6.55. The van der Waals surface area contributed by atoms with Crippen molar-refractivity contribution in [2.45, 2.75) is 51.5 Å². The number of halogens is 4. The van der Waals surface area contributed by atoms with Crippen LogP contribution < -0.4 is 10.1 Å². The highest BCUT2D eigenvalue weighted by atomic mass is 35.5. The Morgan fingerprint density at radius 2 is 1.98 bits per heavy atom. The summed E-state index contributed by atoms with van der Waals surface area (Å²) < 4.78 is 50.9. The molecule has 3 aromatic heterocycles. The van der Waals surface area contributed by atoms with Crippen molar-refractivity contribution in [3.8, 4) is 16.4 Å². The quantitative estimate of drug-likeness (QED) is 0.243. The van der Waals surface area contributed by atoms with Crippen LogP contribution in [0.15, 0.2) is 34.9 Å². The molecule has 1 fully saturated rings. The van der Waals surface area contributed by atoms with E-state index in [0.717, 1.165) is 36.9 Å². The summed E-state index contributed by atoms with van der Waals surface area (Å²) in [6, 6.07) is 7.90. The van der Waals surface area contributed by atoms with E-state index in [0.29, 0.717) is 21.8 Å². The number of ether oxygens (including phenoxy) is 1. The summed E-state index contributed by atoms with van der Waals surface area (Å²) in [4.78, 5) is 33.2. The van der Waals surface area contributed by atoms with Gasteiger partial charge in [0, 0.05) is 31.2 Å². The molecule has 2 N–H and O–H groups in total. The van der Waals surface area contributed by atoms with Gasteiger partial charge in [-0.3, -0.25) is 4.79 Å². The number of rotatable bonds is 9. The molecule has 42 heavy (non-hydrogen) atoms. The van der Waals surface area contributed by atoms with Gasteiger partial charge in [-0.15, -0.1) is 11.3 Å². The second kappa shape index (κ2) is 11.9. The average molecular weight is 626 g/mol. The largest absolute Gasteiger partial charge is 0.483 e. The van der Waals surface area contributed by atoms with Crippen molar-refractivity contribution in [1.29, 1.82) is 0 Å². The molecule has 0 unspecified atom stereocenters. The molecule has 0 spiro atoms. The summed E-state index contributed by atoms with van der Waals surface area (Å²) in [5.74, 6) is -2.27. The van der Waals surface area contributed by atoms with E-state index in [-0.39, 0.29) is 29.4 Å². The van der Waals surface area contributed by atoms with Gasteiger partial charge in [-0.2, -0.15) is 13.2 Å². The van der Waals surface area contributed by atoms with Crippen LogP contribution in [0.1, 0.15) is 53.4 Å². The third-order valence-electron chi connectivity index (χ3n) is 6.98. The molecule has 1 aromatic carbocycles. The molecule has 1 aliphatic rings. The van der Waals surface area contributed by atoms with E-state index >= 15 is 0 Å². The molecule has 10 nitrogen and oxygen atoms in total. The molecule has 0 atom stereocenters. The first kappa shape index (κ1) is 29.9. The van der Waals surface area contributed by atoms with Gasteiger partial charge < -0.3 is 29.2 Å². The Kier molecular flexibility index (Phi) is 8.49. The number of benzene rings is 1. The monoisotopic (exact) mass is 625 g/mol. The van der Waals surface area contributed by atoms with E-state index in [2.05, 4.69) is 34.2 Å². The minimum atomic E-state index is -4.68. The second-order valence-electron chi connectivity index (χ2n) is 10.2. The number of aromatic nitrogens is 3. The van der Waals surface area contributed by atoms with Crippen LogP contribution in [0, 0.1) is 0 Å². The second-order valence-corrected chi connectivity index (χ2v) is 11.9. The highest BCUT2D eigenvalue weighted by molar-refractivity contribution is 7.19. The maximum absolute atomic E-state index is 13.6. The summed E-state index contributed by atoms with van der Waals surface area (Å²) in [7, 11) is 0. The van der Waals surface area contributed by atoms with Crippen molar-refractivity contribution >= 4 is 45.8 Å². The summed E-state index contributed by atoms with van der Waals surface area (Å²) in [5.41, 5.74) is -0.155. The van der Waals surface area contributed by atoms with Gasteiger partial charge >= 0.3 is 12.1 Å². The van der Waals surface area contributed by atoms with E-state index in [4.69, 9.17) is 20.9 Å². The molecule has 15 heteroatoms. The molecule has 0 saturated carbocycles. The predicted octanol–water partition coefficient (Wildman–Crippen LogP) is 5.70. The third-order valence-corrected chi connectivity index (χ3v) is 8.23. The van der Waals surface area contributed by atoms with Crippen molar-refractivity contribution in [2.24, 2.45) is 0 Å². The highest BCUT2D eigenvalue weighted by Gasteiger charge is 2.32. The SMILES string of the molecule is CC(C)N1CCC(NC(=O)c2nc3c(C(=O)O)c(OCC(F)(F)F)ccc3n2Cc2cc(-c3ccc(Cl)s3)on2)CC1. The van der Waals surface area contributed by atoms with E-state index in [1.54, 1.807) is 18.2 Å². The van der Waals surface area contributed by atoms with Gasteiger partial charge in [0.15, 0.2) is 18.2 Å². The van der Waals surface area contributed by atoms with Gasteiger partial charge in [-0.05, 0) is 51.0 Å². The van der Waals surface area contributed by atoms with E-state index in [9.17, 15) is 27.9 Å². The average Bonchev–Trinajstić information content (AvgIpc) is 3.66. The zero-order valence-electron chi connectivity index (χ0n) is 22.6. The molecule has 4 heterocycles. The van der Waals surface area contributed by atoms with Crippen molar-refractivity contribution in [2.75, 3.05) is 19.7 Å². The zero-order chi connectivity index (χ0) is 30.2. The van der Waals surface area contributed by atoms with Gasteiger partial charge in [-0.1, -0.05) is 16.8 Å². The number of amides is 1. The number of aromatic carboxylic acids is 1. The summed E-state index contributed by atoms with van der Waals surface area (Å²) in [5, 5.41) is 17.0. The molecular weight excluding hydrogens is 599 g/mol. The number of imidazole rings is 1. The number of carboxylic acids is 1. The lowest BCUT2D eigenvalue weighted by Gasteiger charge is -2.34. The van der Waals surface area contributed by atoms with E-state index in [1.165, 1.54) is 22.0 Å². The van der Waals surface area contributed by atoms with Crippen LogP contribution in [-0.2, 0) is 6.54 Å². The van der Waals surface area contributed by atoms with E-state index in [1.807, 2.05) is 0 Å². The Morgan fingerprint density at radius 1 is 1.24 bits per heavy atom. The number of carboxylic acid groups (broad SMARTS) is 1. The number of hydrogen-bond donors (Lipinski definition) is 2. The van der Waals surface area contributed by atoms with E-state index < -0.39 is 36.0 Å². The lowest BCUT2D eigenvalue weighted by Crippen LogP contribution is -2.47. The van der Waals surface area contributed by atoms with Crippen LogP contribution in [-0.4, -0.2) is 74.5 Å². The van der Waals surface area contributed by atoms with Crippen molar-refractivity contribution < 1.29 is 37.1 Å². The number of hydrogen-bond acceptors (Lipinski definition) is 8. The number of thiophene rings is 1. The molecule has 1 amide bonds. The molecule has 0 aliphatic carbocycles. The molecule has 5 rings (SSSR count). The minimum absolute atomic E-state index is 0.0323. The number of nitrogens with zero attached hydrogens (tertiary/aromatic N) is 4. The Morgan fingerprint density at radius 3 is 2.60 bits per heavy atom. The van der Waals surface area contributed by atoms with Crippen molar-refractivity contribution in [1.82, 2.24) is 24.9 Å².